The van der Waals surface area contributed by atoms with Gasteiger partial charge in [-0.2, -0.15) is 4.31 Å². The third-order valence-corrected chi connectivity index (χ3v) is 8.39. The average Bonchev–Trinajstić information content (AvgIpc) is 2.62. The number of benzene rings is 1. The summed E-state index contributed by atoms with van der Waals surface area (Å²) in [5.74, 6) is 1.26. The first-order valence-corrected chi connectivity index (χ1v) is 11.8. The number of hydrogen-bond acceptors (Lipinski definition) is 3. The van der Waals surface area contributed by atoms with Gasteiger partial charge in [0, 0.05) is 18.3 Å². The van der Waals surface area contributed by atoms with E-state index in [4.69, 9.17) is 5.73 Å². The molecule has 27 heavy (non-hydrogen) atoms. The Labute approximate surface area is 164 Å². The van der Waals surface area contributed by atoms with E-state index in [-0.39, 0.29) is 6.04 Å². The molecule has 0 amide bonds. The number of nitrogen functional groups attached to an aromatic ring is 1. The van der Waals surface area contributed by atoms with Crippen molar-refractivity contribution >= 4 is 15.7 Å². The summed E-state index contributed by atoms with van der Waals surface area (Å²) in [4.78, 5) is 0.366. The molecule has 3 atom stereocenters. The zero-order valence-corrected chi connectivity index (χ0v) is 17.7. The Kier molecular flexibility index (Phi) is 6.32. The second-order valence-corrected chi connectivity index (χ2v) is 10.5. The van der Waals surface area contributed by atoms with Crippen LogP contribution in [0, 0.1) is 17.8 Å². The molecule has 3 rings (SSSR count). The highest BCUT2D eigenvalue weighted by atomic mass is 32.2. The molecule has 0 unspecified atom stereocenters. The van der Waals surface area contributed by atoms with Gasteiger partial charge in [0.05, 0.1) is 4.90 Å². The lowest BCUT2D eigenvalue weighted by molar-refractivity contribution is 0.170. The van der Waals surface area contributed by atoms with Crippen LogP contribution >= 0.6 is 0 Å². The van der Waals surface area contributed by atoms with Gasteiger partial charge in [-0.3, -0.25) is 0 Å². The van der Waals surface area contributed by atoms with Crippen molar-refractivity contribution in [2.24, 2.45) is 17.8 Å². The Balaban J connectivity index is 1.92. The van der Waals surface area contributed by atoms with Crippen molar-refractivity contribution in [3.63, 3.8) is 0 Å². The Morgan fingerprint density at radius 1 is 1.07 bits per heavy atom. The van der Waals surface area contributed by atoms with Crippen molar-refractivity contribution in [2.45, 2.75) is 70.2 Å². The summed E-state index contributed by atoms with van der Waals surface area (Å²) < 4.78 is 29.0. The van der Waals surface area contributed by atoms with E-state index in [0.717, 1.165) is 32.1 Å². The summed E-state index contributed by atoms with van der Waals surface area (Å²) >= 11 is 0. The van der Waals surface area contributed by atoms with Gasteiger partial charge in [0.2, 0.25) is 10.0 Å². The molecule has 1 saturated carbocycles. The molecule has 0 aliphatic heterocycles. The second kappa shape index (κ2) is 8.36. The molecule has 0 spiro atoms. The van der Waals surface area contributed by atoms with E-state index in [2.05, 4.69) is 26.8 Å². The van der Waals surface area contributed by atoms with Crippen molar-refractivity contribution < 1.29 is 8.42 Å². The molecule has 2 aliphatic carbocycles. The van der Waals surface area contributed by atoms with Crippen LogP contribution in [-0.4, -0.2) is 25.3 Å². The van der Waals surface area contributed by atoms with Crippen LogP contribution in [0.15, 0.2) is 40.8 Å². The van der Waals surface area contributed by atoms with E-state index in [1.807, 2.05) is 4.31 Å². The summed E-state index contributed by atoms with van der Waals surface area (Å²) in [5.41, 5.74) is 7.79. The van der Waals surface area contributed by atoms with Crippen molar-refractivity contribution in [1.29, 1.82) is 0 Å². The van der Waals surface area contributed by atoms with Crippen LogP contribution < -0.4 is 5.73 Å². The summed E-state index contributed by atoms with van der Waals surface area (Å²) in [6.07, 6.45) is 8.79. The van der Waals surface area contributed by atoms with E-state index < -0.39 is 10.0 Å². The van der Waals surface area contributed by atoms with E-state index in [0.29, 0.717) is 34.9 Å². The summed E-state index contributed by atoms with van der Waals surface area (Å²) in [6, 6.07) is 6.79. The van der Waals surface area contributed by atoms with E-state index in [1.54, 1.807) is 24.3 Å². The second-order valence-electron chi connectivity index (χ2n) is 8.65. The fourth-order valence-corrected chi connectivity index (χ4v) is 6.68. The van der Waals surface area contributed by atoms with Gasteiger partial charge in [0.25, 0.3) is 0 Å². The lowest BCUT2D eigenvalue weighted by Crippen LogP contribution is -2.46. The molecule has 0 bridgehead atoms. The van der Waals surface area contributed by atoms with E-state index in [1.165, 1.54) is 12.0 Å². The molecule has 0 saturated heterocycles. The topological polar surface area (TPSA) is 63.4 Å². The first-order chi connectivity index (χ1) is 12.8. The summed E-state index contributed by atoms with van der Waals surface area (Å²) in [7, 11) is -3.52. The first-order valence-electron chi connectivity index (χ1n) is 10.3. The quantitative estimate of drug-likeness (QED) is 0.578. The van der Waals surface area contributed by atoms with Crippen LogP contribution in [0.5, 0.6) is 0 Å². The van der Waals surface area contributed by atoms with Crippen molar-refractivity contribution in [1.82, 2.24) is 4.31 Å². The van der Waals surface area contributed by atoms with Crippen LogP contribution in [0.2, 0.25) is 0 Å². The highest BCUT2D eigenvalue weighted by molar-refractivity contribution is 7.89. The zero-order valence-electron chi connectivity index (χ0n) is 16.9. The Morgan fingerprint density at radius 3 is 2.30 bits per heavy atom. The van der Waals surface area contributed by atoms with E-state index >= 15 is 0 Å². The maximum Gasteiger partial charge on any atom is 0.243 e. The number of nitrogens with two attached hydrogens (primary N) is 1. The molecule has 0 heterocycles. The highest BCUT2D eigenvalue weighted by Gasteiger charge is 2.37. The smallest absolute Gasteiger partial charge is 0.243 e. The van der Waals surface area contributed by atoms with Gasteiger partial charge < -0.3 is 5.73 Å². The van der Waals surface area contributed by atoms with Crippen molar-refractivity contribution in [3.8, 4) is 0 Å². The number of anilines is 1. The first kappa shape index (κ1) is 20.4. The molecule has 0 radical (unpaired) electrons. The molecule has 1 fully saturated rings. The maximum atomic E-state index is 13.6. The van der Waals surface area contributed by atoms with Crippen LogP contribution in [0.4, 0.5) is 5.69 Å². The number of hydrogen-bond donors (Lipinski definition) is 1. The van der Waals surface area contributed by atoms with Crippen molar-refractivity contribution in [3.05, 3.63) is 35.9 Å². The minimum atomic E-state index is -3.52. The molecular weight excluding hydrogens is 356 g/mol. The van der Waals surface area contributed by atoms with Gasteiger partial charge in [-0.15, -0.1) is 0 Å². The lowest BCUT2D eigenvalue weighted by atomic mass is 9.75. The van der Waals surface area contributed by atoms with E-state index in [9.17, 15) is 8.42 Å². The van der Waals surface area contributed by atoms with Gasteiger partial charge in [-0.25, -0.2) is 8.42 Å². The van der Waals surface area contributed by atoms with Gasteiger partial charge >= 0.3 is 0 Å². The Hall–Kier alpha value is -1.33. The maximum absolute atomic E-state index is 13.6. The number of rotatable bonds is 5. The fraction of sp³-hybridized carbons (Fsp3) is 0.636. The molecule has 2 aliphatic rings. The summed E-state index contributed by atoms with van der Waals surface area (Å²) in [6.45, 7) is 7.31. The van der Waals surface area contributed by atoms with Gasteiger partial charge in [-0.1, -0.05) is 44.8 Å². The number of nitrogens with zero attached hydrogens (tertiary/aromatic N) is 1. The van der Waals surface area contributed by atoms with Crippen LogP contribution in [-0.2, 0) is 10.0 Å². The predicted octanol–water partition coefficient (Wildman–Crippen LogP) is 4.83. The van der Waals surface area contributed by atoms with Crippen LogP contribution in [0.1, 0.15) is 59.3 Å². The normalized spacial score (nSPS) is 27.6. The molecule has 5 heteroatoms. The molecule has 1 aromatic carbocycles. The number of allylic oxidation sites excluding steroid dienone is 2. The zero-order chi connectivity index (χ0) is 19.6. The molecular formula is C22H34N2O2S. The highest BCUT2D eigenvalue weighted by Crippen LogP contribution is 2.37. The lowest BCUT2D eigenvalue weighted by Gasteiger charge is -2.40. The van der Waals surface area contributed by atoms with Crippen molar-refractivity contribution in [2.75, 3.05) is 12.3 Å². The minimum Gasteiger partial charge on any atom is -0.399 e. The molecule has 1 aromatic rings. The Bertz CT molecular complexity index is 764. The molecule has 150 valence electrons. The molecule has 0 aromatic heterocycles. The van der Waals surface area contributed by atoms with Gasteiger partial charge in [0.15, 0.2) is 0 Å². The predicted molar refractivity (Wildman–Crippen MR) is 112 cm³/mol. The third-order valence-electron chi connectivity index (χ3n) is 6.46. The molecule has 2 N–H and O–H groups in total. The summed E-state index contributed by atoms with van der Waals surface area (Å²) in [5, 5.41) is 0. The largest absolute Gasteiger partial charge is 0.399 e. The number of sulfonamides is 1. The van der Waals surface area contributed by atoms with Gasteiger partial charge in [-0.05, 0) is 68.2 Å². The fourth-order valence-electron chi connectivity index (χ4n) is 4.96. The van der Waals surface area contributed by atoms with Crippen LogP contribution in [0.25, 0.3) is 0 Å². The standard InChI is InChI=1S/C22H34N2O2S/c1-16-13-17(2)22(18(3)14-16)15-24(20-7-5-4-6-8-20)27(25,26)21-11-9-19(23)10-12-21/h9-13,17-18,20,22H,4-8,14-15,23H2,1-3H3/t17-,18+,22-/m0/s1. The third kappa shape index (κ3) is 4.57. The minimum absolute atomic E-state index is 0.118. The van der Waals surface area contributed by atoms with Gasteiger partial charge in [0.1, 0.15) is 0 Å². The monoisotopic (exact) mass is 390 g/mol. The Morgan fingerprint density at radius 2 is 1.70 bits per heavy atom. The average molecular weight is 391 g/mol. The van der Waals surface area contributed by atoms with Crippen LogP contribution in [0.3, 0.4) is 0 Å². The molecule has 4 nitrogen and oxygen atoms in total. The SMILES string of the molecule is CC1=C[C@H](C)[C@H](CN(C2CCCCC2)S(=O)(=O)c2ccc(N)cc2)[C@H](C)C1.